The Kier molecular flexibility index (Phi) is 3.50. The van der Waals surface area contributed by atoms with Crippen LogP contribution in [0.1, 0.15) is 35.9 Å². The number of piperidine rings is 1. The predicted molar refractivity (Wildman–Crippen MR) is 81.2 cm³/mol. The predicted octanol–water partition coefficient (Wildman–Crippen LogP) is 4.57. The van der Waals surface area contributed by atoms with E-state index < -0.39 is 0 Å². The normalized spacial score (nSPS) is 19.9. The maximum Gasteiger partial charge on any atom is 0.265 e. The molecule has 19 heavy (non-hydrogen) atoms. The lowest BCUT2D eigenvalue weighted by molar-refractivity contribution is 0.0641. The van der Waals surface area contributed by atoms with Crippen molar-refractivity contribution in [1.82, 2.24) is 4.90 Å². The van der Waals surface area contributed by atoms with Crippen LogP contribution in [0.2, 0.25) is 5.02 Å². The zero-order valence-corrected chi connectivity index (χ0v) is 12.4. The molecule has 0 bridgehead atoms. The Labute approximate surface area is 122 Å². The fraction of sp³-hybridized carbons (Fsp3) is 0.400. The van der Waals surface area contributed by atoms with Crippen molar-refractivity contribution in [3.05, 3.63) is 34.2 Å². The van der Waals surface area contributed by atoms with E-state index in [-0.39, 0.29) is 5.91 Å². The second-order valence-corrected chi connectivity index (χ2v) is 6.51. The van der Waals surface area contributed by atoms with Gasteiger partial charge in [-0.3, -0.25) is 4.79 Å². The summed E-state index contributed by atoms with van der Waals surface area (Å²) in [6, 6.07) is 8.25. The highest BCUT2D eigenvalue weighted by Crippen LogP contribution is 2.36. The Bertz CT molecular complexity index is 622. The van der Waals surface area contributed by atoms with Gasteiger partial charge in [-0.25, -0.2) is 0 Å². The minimum Gasteiger partial charge on any atom is -0.335 e. The molecular weight excluding hydrogens is 278 g/mol. The monoisotopic (exact) mass is 293 g/mol. The largest absolute Gasteiger partial charge is 0.335 e. The molecule has 4 heteroatoms. The molecule has 1 aliphatic heterocycles. The fourth-order valence-electron chi connectivity index (χ4n) is 2.68. The highest BCUT2D eigenvalue weighted by molar-refractivity contribution is 7.21. The summed E-state index contributed by atoms with van der Waals surface area (Å²) in [7, 11) is 0. The second kappa shape index (κ2) is 5.14. The summed E-state index contributed by atoms with van der Waals surface area (Å²) < 4.78 is 1.08. The molecule has 1 saturated heterocycles. The van der Waals surface area contributed by atoms with Gasteiger partial charge in [0, 0.05) is 22.7 Å². The number of likely N-dealkylation sites (tertiary alicyclic amines) is 1. The molecule has 2 aromatic rings. The number of rotatable bonds is 1. The minimum atomic E-state index is 0.0957. The minimum absolute atomic E-state index is 0.0957. The summed E-state index contributed by atoms with van der Waals surface area (Å²) in [5, 5.41) is 1.60. The first-order valence-electron chi connectivity index (χ1n) is 6.66. The van der Waals surface area contributed by atoms with Crippen LogP contribution in [0.5, 0.6) is 0 Å². The Morgan fingerprint density at radius 2 is 2.16 bits per heavy atom. The Morgan fingerprint density at radius 1 is 1.37 bits per heavy atom. The van der Waals surface area contributed by atoms with Gasteiger partial charge in [0.05, 0.1) is 5.02 Å². The van der Waals surface area contributed by atoms with Crippen LogP contribution in [-0.4, -0.2) is 23.4 Å². The topological polar surface area (TPSA) is 20.3 Å². The smallest absolute Gasteiger partial charge is 0.265 e. The Morgan fingerprint density at radius 3 is 2.89 bits per heavy atom. The number of hydrogen-bond acceptors (Lipinski definition) is 2. The standard InChI is InChI=1S/C15H16ClNOS/c1-10-6-4-5-9-17(10)15(18)14-13(16)11-7-2-3-8-12(11)19-14/h2-3,7-8,10H,4-6,9H2,1H3/t10-/m1/s1. The van der Waals surface area contributed by atoms with Crippen LogP contribution in [0.3, 0.4) is 0 Å². The van der Waals surface area contributed by atoms with Crippen LogP contribution >= 0.6 is 22.9 Å². The van der Waals surface area contributed by atoms with Gasteiger partial charge in [0.15, 0.2) is 0 Å². The van der Waals surface area contributed by atoms with Gasteiger partial charge in [-0.15, -0.1) is 11.3 Å². The molecule has 1 aromatic carbocycles. The van der Waals surface area contributed by atoms with Gasteiger partial charge in [-0.1, -0.05) is 29.8 Å². The second-order valence-electron chi connectivity index (χ2n) is 5.08. The SMILES string of the molecule is C[C@@H]1CCCCN1C(=O)c1sc2ccccc2c1Cl. The van der Waals surface area contributed by atoms with Gasteiger partial charge in [-0.2, -0.15) is 0 Å². The molecule has 0 aliphatic carbocycles. The van der Waals surface area contributed by atoms with Crippen LogP contribution in [0.15, 0.2) is 24.3 Å². The molecule has 0 saturated carbocycles. The molecule has 0 unspecified atom stereocenters. The zero-order valence-electron chi connectivity index (χ0n) is 10.9. The van der Waals surface area contributed by atoms with Crippen LogP contribution in [0.4, 0.5) is 0 Å². The quantitative estimate of drug-likeness (QED) is 0.754. The molecule has 1 atom stereocenters. The molecule has 0 radical (unpaired) electrons. The summed E-state index contributed by atoms with van der Waals surface area (Å²) in [6.07, 6.45) is 3.40. The lowest BCUT2D eigenvalue weighted by Gasteiger charge is -2.33. The number of thiophene rings is 1. The number of nitrogens with zero attached hydrogens (tertiary/aromatic N) is 1. The third-order valence-corrected chi connectivity index (χ3v) is 5.46. The molecule has 3 rings (SSSR count). The summed E-state index contributed by atoms with van der Waals surface area (Å²) in [6.45, 7) is 2.98. The van der Waals surface area contributed by atoms with Crippen molar-refractivity contribution in [3.63, 3.8) is 0 Å². The highest BCUT2D eigenvalue weighted by Gasteiger charge is 2.27. The number of carbonyl (C=O) groups excluding carboxylic acids is 1. The first-order chi connectivity index (χ1) is 9.18. The van der Waals surface area contributed by atoms with E-state index in [9.17, 15) is 4.79 Å². The van der Waals surface area contributed by atoms with Gasteiger partial charge < -0.3 is 4.90 Å². The third-order valence-electron chi connectivity index (χ3n) is 3.79. The third kappa shape index (κ3) is 2.26. The fourth-order valence-corrected chi connectivity index (χ4v) is 4.15. The summed E-state index contributed by atoms with van der Waals surface area (Å²) in [5.41, 5.74) is 0. The molecule has 0 N–H and O–H groups in total. The maximum absolute atomic E-state index is 12.7. The van der Waals surface area contributed by atoms with E-state index in [1.54, 1.807) is 0 Å². The van der Waals surface area contributed by atoms with E-state index >= 15 is 0 Å². The summed E-state index contributed by atoms with van der Waals surface area (Å²) in [4.78, 5) is 15.3. The van der Waals surface area contributed by atoms with Gasteiger partial charge in [0.25, 0.3) is 5.91 Å². The van der Waals surface area contributed by atoms with Crippen LogP contribution in [0, 0.1) is 0 Å². The molecule has 100 valence electrons. The van der Waals surface area contributed by atoms with E-state index in [2.05, 4.69) is 6.92 Å². The van der Waals surface area contributed by atoms with Crippen molar-refractivity contribution in [2.75, 3.05) is 6.54 Å². The number of carbonyl (C=O) groups is 1. The van der Waals surface area contributed by atoms with E-state index in [0.717, 1.165) is 29.5 Å². The van der Waals surface area contributed by atoms with E-state index in [4.69, 9.17) is 11.6 Å². The number of halogens is 1. The van der Waals surface area contributed by atoms with Crippen LogP contribution in [0.25, 0.3) is 10.1 Å². The van der Waals surface area contributed by atoms with Gasteiger partial charge in [-0.05, 0) is 32.3 Å². The summed E-state index contributed by atoms with van der Waals surface area (Å²) >= 11 is 7.89. The number of amides is 1. The highest BCUT2D eigenvalue weighted by atomic mass is 35.5. The lowest BCUT2D eigenvalue weighted by Crippen LogP contribution is -2.41. The van der Waals surface area contributed by atoms with E-state index in [1.165, 1.54) is 17.8 Å². The van der Waals surface area contributed by atoms with Crippen molar-refractivity contribution in [2.24, 2.45) is 0 Å². The molecule has 2 heterocycles. The maximum atomic E-state index is 12.7. The van der Waals surface area contributed by atoms with Gasteiger partial charge in [0.2, 0.25) is 0 Å². The van der Waals surface area contributed by atoms with Crippen LogP contribution < -0.4 is 0 Å². The Balaban J connectivity index is 1.99. The molecule has 1 aliphatic rings. The van der Waals surface area contributed by atoms with Crippen LogP contribution in [-0.2, 0) is 0 Å². The van der Waals surface area contributed by atoms with Crippen molar-refractivity contribution in [1.29, 1.82) is 0 Å². The Hall–Kier alpha value is -1.06. The molecule has 0 spiro atoms. The molecule has 2 nitrogen and oxygen atoms in total. The molecule has 1 amide bonds. The van der Waals surface area contributed by atoms with E-state index in [1.807, 2.05) is 29.2 Å². The van der Waals surface area contributed by atoms with Crippen molar-refractivity contribution in [2.45, 2.75) is 32.2 Å². The average molecular weight is 294 g/mol. The van der Waals surface area contributed by atoms with Crippen molar-refractivity contribution < 1.29 is 4.79 Å². The first-order valence-corrected chi connectivity index (χ1v) is 7.86. The van der Waals surface area contributed by atoms with Gasteiger partial charge >= 0.3 is 0 Å². The number of fused-ring (bicyclic) bond motifs is 1. The number of benzene rings is 1. The van der Waals surface area contributed by atoms with Gasteiger partial charge in [0.1, 0.15) is 4.88 Å². The first kappa shape index (κ1) is 12.9. The number of hydrogen-bond donors (Lipinski definition) is 0. The zero-order chi connectivity index (χ0) is 13.4. The molecule has 1 fully saturated rings. The molecular formula is C15H16ClNOS. The van der Waals surface area contributed by atoms with E-state index in [0.29, 0.717) is 15.9 Å². The summed E-state index contributed by atoms with van der Waals surface area (Å²) in [5.74, 6) is 0.0957. The van der Waals surface area contributed by atoms with Crippen molar-refractivity contribution in [3.8, 4) is 0 Å². The van der Waals surface area contributed by atoms with Crippen molar-refractivity contribution >= 4 is 38.9 Å². The average Bonchev–Trinajstić information content (AvgIpc) is 2.77. The lowest BCUT2D eigenvalue weighted by atomic mass is 10.0. The molecule has 1 aromatic heterocycles.